The molecule has 2 aromatic heterocycles. The molecule has 0 aliphatic carbocycles. The van der Waals surface area contributed by atoms with Gasteiger partial charge in [0, 0.05) is 0 Å². The number of aromatic nitrogens is 5. The van der Waals surface area contributed by atoms with Gasteiger partial charge < -0.3 is 28.4 Å². The van der Waals surface area contributed by atoms with Crippen LogP contribution in [0.3, 0.4) is 0 Å². The lowest BCUT2D eigenvalue weighted by Gasteiger charge is -2.39. The summed E-state index contributed by atoms with van der Waals surface area (Å²) in [5.74, 6) is 1.37. The van der Waals surface area contributed by atoms with Crippen LogP contribution in [0.2, 0.25) is 18.1 Å². The standard InChI is InChI=1S/C36H42FN5O6Si/c1-35(2,3)49(6,7)48-31-29(37)28(47-34(31)42-32-30(40-41-42)33(43)39-22-38-32)21-46-36(23-11-9-8-10-12-23,24-13-17-26(44-4)18-14-24)25-15-19-27(45-5)20-16-25/h8-20,22,28-29,31,34H,21H2,1-7H3,(H,38,39,43)/t28-,29?,31-,34-/m1/s1. The van der Waals surface area contributed by atoms with Gasteiger partial charge >= 0.3 is 0 Å². The van der Waals surface area contributed by atoms with Crippen LogP contribution in [0.1, 0.15) is 43.7 Å². The summed E-state index contributed by atoms with van der Waals surface area (Å²) in [5.41, 5.74) is 0.972. The number of halogens is 1. The van der Waals surface area contributed by atoms with Crippen LogP contribution in [0.5, 0.6) is 11.5 Å². The van der Waals surface area contributed by atoms with Gasteiger partial charge in [0.05, 0.1) is 27.2 Å². The molecule has 0 amide bonds. The zero-order valence-electron chi connectivity index (χ0n) is 28.7. The number of aromatic amines is 1. The third-order valence-electron chi connectivity index (χ3n) is 9.65. The van der Waals surface area contributed by atoms with E-state index in [1.807, 2.05) is 78.9 Å². The lowest BCUT2D eigenvalue weighted by Crippen LogP contribution is -2.48. The van der Waals surface area contributed by atoms with Crippen LogP contribution in [0.25, 0.3) is 11.2 Å². The van der Waals surface area contributed by atoms with Crippen molar-refractivity contribution in [2.24, 2.45) is 0 Å². The van der Waals surface area contributed by atoms with Crippen molar-refractivity contribution in [3.63, 3.8) is 0 Å². The highest BCUT2D eigenvalue weighted by Crippen LogP contribution is 2.45. The Morgan fingerprint density at radius 3 is 2.02 bits per heavy atom. The van der Waals surface area contributed by atoms with Crippen molar-refractivity contribution in [2.45, 2.75) is 69.1 Å². The Bertz CT molecular complexity index is 1880. The molecule has 3 heterocycles. The highest BCUT2D eigenvalue weighted by molar-refractivity contribution is 6.74. The fourth-order valence-corrected chi connectivity index (χ4v) is 7.18. The molecule has 1 saturated heterocycles. The monoisotopic (exact) mass is 687 g/mol. The fourth-order valence-electron chi connectivity index (χ4n) is 5.90. The van der Waals surface area contributed by atoms with Gasteiger partial charge in [-0.05, 0) is 59.1 Å². The van der Waals surface area contributed by atoms with Crippen molar-refractivity contribution in [3.05, 3.63) is 112 Å². The minimum atomic E-state index is -2.54. The maximum absolute atomic E-state index is 17.0. The van der Waals surface area contributed by atoms with Crippen molar-refractivity contribution in [1.82, 2.24) is 25.0 Å². The van der Waals surface area contributed by atoms with Gasteiger partial charge in [0.2, 0.25) is 0 Å². The Balaban J connectivity index is 1.43. The quantitative estimate of drug-likeness (QED) is 0.128. The van der Waals surface area contributed by atoms with Gasteiger partial charge in [-0.3, -0.25) is 4.79 Å². The minimum absolute atomic E-state index is 0.0226. The first kappa shape index (κ1) is 34.4. The number of fused-ring (bicyclic) bond motifs is 1. The van der Waals surface area contributed by atoms with E-state index in [2.05, 4.69) is 54.1 Å². The Morgan fingerprint density at radius 1 is 0.898 bits per heavy atom. The zero-order chi connectivity index (χ0) is 35.0. The third kappa shape index (κ3) is 6.39. The summed E-state index contributed by atoms with van der Waals surface area (Å²) in [6, 6.07) is 25.0. The van der Waals surface area contributed by atoms with Gasteiger partial charge in [-0.2, -0.15) is 4.68 Å². The molecule has 1 fully saturated rings. The first-order valence-corrected chi connectivity index (χ1v) is 19.0. The number of methoxy groups -OCH3 is 2. The molecule has 13 heteroatoms. The normalized spacial score (nSPS) is 20.1. The fraction of sp³-hybridized carbons (Fsp3) is 0.389. The van der Waals surface area contributed by atoms with Gasteiger partial charge in [-0.1, -0.05) is 80.6 Å². The van der Waals surface area contributed by atoms with Gasteiger partial charge in [-0.25, -0.2) is 9.37 Å². The largest absolute Gasteiger partial charge is 0.497 e. The van der Waals surface area contributed by atoms with E-state index in [-0.39, 0.29) is 22.8 Å². The van der Waals surface area contributed by atoms with Crippen molar-refractivity contribution < 1.29 is 27.8 Å². The molecule has 0 spiro atoms. The van der Waals surface area contributed by atoms with E-state index in [4.69, 9.17) is 23.4 Å². The average Bonchev–Trinajstić information content (AvgIpc) is 3.66. The molecule has 0 bridgehead atoms. The van der Waals surface area contributed by atoms with Crippen molar-refractivity contribution >= 4 is 19.5 Å². The lowest BCUT2D eigenvalue weighted by atomic mass is 9.80. The molecule has 258 valence electrons. The van der Waals surface area contributed by atoms with Crippen LogP contribution < -0.4 is 15.0 Å². The molecule has 4 atom stereocenters. The number of benzene rings is 3. The number of alkyl halides is 1. The summed E-state index contributed by atoms with van der Waals surface area (Å²) in [7, 11) is 0.680. The summed E-state index contributed by atoms with van der Waals surface area (Å²) >= 11 is 0. The van der Waals surface area contributed by atoms with Crippen LogP contribution >= 0.6 is 0 Å². The van der Waals surface area contributed by atoms with Gasteiger partial charge in [-0.15, -0.1) is 5.10 Å². The van der Waals surface area contributed by atoms with Crippen molar-refractivity contribution in [2.75, 3.05) is 20.8 Å². The molecule has 1 aliphatic heterocycles. The van der Waals surface area contributed by atoms with E-state index in [1.54, 1.807) is 14.2 Å². The Morgan fingerprint density at radius 2 is 1.47 bits per heavy atom. The second-order valence-corrected chi connectivity index (χ2v) is 18.4. The predicted octanol–water partition coefficient (Wildman–Crippen LogP) is 6.17. The van der Waals surface area contributed by atoms with E-state index < -0.39 is 44.1 Å². The Kier molecular flexibility index (Phi) is 9.46. The van der Waals surface area contributed by atoms with Crippen molar-refractivity contribution in [1.29, 1.82) is 0 Å². The molecule has 1 aliphatic rings. The first-order chi connectivity index (χ1) is 23.4. The van der Waals surface area contributed by atoms with Gasteiger partial charge in [0.1, 0.15) is 29.3 Å². The predicted molar refractivity (Wildman–Crippen MR) is 185 cm³/mol. The number of H-pyrrole nitrogens is 1. The van der Waals surface area contributed by atoms with Gasteiger partial charge in [0.25, 0.3) is 5.56 Å². The molecule has 0 radical (unpaired) electrons. The van der Waals surface area contributed by atoms with Gasteiger partial charge in [0.15, 0.2) is 31.9 Å². The molecule has 49 heavy (non-hydrogen) atoms. The topological polar surface area (TPSA) is 123 Å². The number of nitrogens with zero attached hydrogens (tertiary/aromatic N) is 4. The summed E-state index contributed by atoms with van der Waals surface area (Å²) < 4.78 is 49.4. The maximum atomic E-state index is 17.0. The van der Waals surface area contributed by atoms with Crippen LogP contribution in [0, 0.1) is 0 Å². The molecule has 11 nitrogen and oxygen atoms in total. The van der Waals surface area contributed by atoms with Crippen LogP contribution in [0.15, 0.2) is 90.0 Å². The molecular formula is C36H42FN5O6Si. The van der Waals surface area contributed by atoms with E-state index >= 15 is 4.39 Å². The first-order valence-electron chi connectivity index (χ1n) is 16.1. The second kappa shape index (κ2) is 13.5. The molecule has 1 unspecified atom stereocenters. The number of rotatable bonds is 11. The Labute approximate surface area is 285 Å². The smallest absolute Gasteiger partial charge is 0.280 e. The number of ether oxygens (including phenoxy) is 4. The summed E-state index contributed by atoms with van der Waals surface area (Å²) in [5, 5.41) is 8.01. The van der Waals surface area contributed by atoms with E-state index in [1.165, 1.54) is 11.0 Å². The summed E-state index contributed by atoms with van der Waals surface area (Å²) in [6.07, 6.45) is -3.59. The minimum Gasteiger partial charge on any atom is -0.497 e. The van der Waals surface area contributed by atoms with Crippen LogP contribution in [-0.2, 0) is 19.5 Å². The molecule has 5 aromatic rings. The molecule has 0 saturated carbocycles. The van der Waals surface area contributed by atoms with E-state index in [9.17, 15) is 4.79 Å². The average molecular weight is 688 g/mol. The van der Waals surface area contributed by atoms with Crippen LogP contribution in [-0.4, -0.2) is 72.5 Å². The number of nitrogens with one attached hydrogen (secondary N) is 1. The van der Waals surface area contributed by atoms with E-state index in [0.717, 1.165) is 16.7 Å². The third-order valence-corrected chi connectivity index (χ3v) is 14.1. The summed E-state index contributed by atoms with van der Waals surface area (Å²) in [6.45, 7) is 10.2. The second-order valence-electron chi connectivity index (χ2n) is 13.6. The van der Waals surface area contributed by atoms with Crippen LogP contribution in [0.4, 0.5) is 4.39 Å². The van der Waals surface area contributed by atoms with Crippen molar-refractivity contribution in [3.8, 4) is 11.5 Å². The highest BCUT2D eigenvalue weighted by atomic mass is 28.4. The van der Waals surface area contributed by atoms with E-state index in [0.29, 0.717) is 11.5 Å². The number of hydrogen-bond acceptors (Lipinski definition) is 9. The lowest BCUT2D eigenvalue weighted by molar-refractivity contribution is -0.0921. The molecule has 3 aromatic carbocycles. The number of hydrogen-bond donors (Lipinski definition) is 1. The zero-order valence-corrected chi connectivity index (χ0v) is 29.7. The highest BCUT2D eigenvalue weighted by Gasteiger charge is 2.53. The SMILES string of the molecule is COc1ccc(C(OC[C@H]2O[C@@H](n3nnc4c(=O)[nH]cnc43)[C@H](O[Si](C)(C)C(C)(C)C)C2F)(c2ccccc2)c2ccc(OC)cc2)cc1. The summed E-state index contributed by atoms with van der Waals surface area (Å²) in [4.78, 5) is 19.3. The molecular weight excluding hydrogens is 646 g/mol. The molecule has 1 N–H and O–H groups in total. The molecule has 6 rings (SSSR count). The maximum Gasteiger partial charge on any atom is 0.280 e. The Hall–Kier alpha value is -4.43.